The molecule has 1 unspecified atom stereocenters. The molecule has 0 bridgehead atoms. The topological polar surface area (TPSA) is 94.9 Å². The van der Waals surface area contributed by atoms with Gasteiger partial charge < -0.3 is 15.1 Å². The maximum atomic E-state index is 12.5. The second kappa shape index (κ2) is 9.13. The minimum absolute atomic E-state index is 0.0521. The van der Waals surface area contributed by atoms with E-state index in [1.807, 2.05) is 18.2 Å². The number of imide groups is 1. The number of furan rings is 1. The van der Waals surface area contributed by atoms with Crippen molar-refractivity contribution < 1.29 is 18.8 Å². The zero-order valence-corrected chi connectivity index (χ0v) is 16.8. The molecule has 2 fully saturated rings. The zero-order chi connectivity index (χ0) is 20.9. The average molecular weight is 410 g/mol. The van der Waals surface area contributed by atoms with Gasteiger partial charge in [-0.1, -0.05) is 30.3 Å². The van der Waals surface area contributed by atoms with Gasteiger partial charge in [0.25, 0.3) is 5.91 Å². The molecular formula is C22H26N4O4. The Morgan fingerprint density at radius 3 is 2.53 bits per heavy atom. The maximum absolute atomic E-state index is 12.5. The molecule has 0 saturated carbocycles. The van der Waals surface area contributed by atoms with Gasteiger partial charge in [-0.25, -0.2) is 4.79 Å². The predicted molar refractivity (Wildman–Crippen MR) is 109 cm³/mol. The van der Waals surface area contributed by atoms with Crippen LogP contribution in [0.3, 0.4) is 0 Å². The summed E-state index contributed by atoms with van der Waals surface area (Å²) >= 11 is 0. The van der Waals surface area contributed by atoms with E-state index in [0.29, 0.717) is 5.76 Å². The van der Waals surface area contributed by atoms with Crippen molar-refractivity contribution >= 4 is 17.8 Å². The first kappa shape index (κ1) is 20.2. The van der Waals surface area contributed by atoms with E-state index in [2.05, 4.69) is 27.7 Å². The third-order valence-electron chi connectivity index (χ3n) is 5.59. The Morgan fingerprint density at radius 2 is 1.83 bits per heavy atom. The number of nitrogens with one attached hydrogen (secondary N) is 2. The van der Waals surface area contributed by atoms with Gasteiger partial charge >= 0.3 is 6.03 Å². The van der Waals surface area contributed by atoms with E-state index in [0.717, 1.165) is 37.4 Å². The van der Waals surface area contributed by atoms with Crippen LogP contribution >= 0.6 is 0 Å². The van der Waals surface area contributed by atoms with Crippen LogP contribution in [-0.2, 0) is 22.7 Å². The van der Waals surface area contributed by atoms with Crippen LogP contribution in [0, 0.1) is 0 Å². The summed E-state index contributed by atoms with van der Waals surface area (Å²) in [5, 5.41) is 5.62. The van der Waals surface area contributed by atoms with E-state index in [9.17, 15) is 14.4 Å². The molecule has 2 N–H and O–H groups in total. The van der Waals surface area contributed by atoms with Gasteiger partial charge in [-0.05, 0) is 30.5 Å². The highest BCUT2D eigenvalue weighted by Gasteiger charge is 2.39. The van der Waals surface area contributed by atoms with Crippen molar-refractivity contribution in [3.05, 3.63) is 60.1 Å². The largest absolute Gasteiger partial charge is 0.467 e. The minimum atomic E-state index is -0.828. The van der Waals surface area contributed by atoms with Gasteiger partial charge in [0.1, 0.15) is 11.8 Å². The van der Waals surface area contributed by atoms with Crippen molar-refractivity contribution in [1.29, 1.82) is 0 Å². The van der Waals surface area contributed by atoms with Crippen molar-refractivity contribution in [2.75, 3.05) is 13.1 Å². The average Bonchev–Trinajstić information content (AvgIpc) is 3.34. The Morgan fingerprint density at radius 1 is 1.07 bits per heavy atom. The Labute approximate surface area is 175 Å². The molecule has 4 amide bonds. The first-order chi connectivity index (χ1) is 14.6. The van der Waals surface area contributed by atoms with Gasteiger partial charge in [0.15, 0.2) is 0 Å². The Bertz CT molecular complexity index is 876. The molecule has 8 heteroatoms. The zero-order valence-electron chi connectivity index (χ0n) is 16.8. The SMILES string of the molecule is O=C(CC1NC(=O)N(Cc2ccco2)C1=O)NC1CCN(Cc2ccccc2)CC1. The number of likely N-dealkylation sites (tertiary alicyclic amines) is 1. The van der Waals surface area contributed by atoms with Gasteiger partial charge in [-0.2, -0.15) is 0 Å². The summed E-state index contributed by atoms with van der Waals surface area (Å²) in [7, 11) is 0. The third-order valence-corrected chi connectivity index (χ3v) is 5.59. The number of carbonyl (C=O) groups excluding carboxylic acids is 3. The molecular weight excluding hydrogens is 384 g/mol. The molecule has 1 aromatic heterocycles. The first-order valence-corrected chi connectivity index (χ1v) is 10.3. The molecule has 8 nitrogen and oxygen atoms in total. The number of carbonyl (C=O) groups is 3. The molecule has 2 aliphatic heterocycles. The summed E-state index contributed by atoms with van der Waals surface area (Å²) < 4.78 is 5.20. The molecule has 0 spiro atoms. The number of piperidine rings is 1. The number of hydrogen-bond acceptors (Lipinski definition) is 5. The van der Waals surface area contributed by atoms with Gasteiger partial charge in [0.2, 0.25) is 5.91 Å². The van der Waals surface area contributed by atoms with Gasteiger partial charge in [0, 0.05) is 25.7 Å². The number of rotatable bonds is 7. The summed E-state index contributed by atoms with van der Waals surface area (Å²) in [5.41, 5.74) is 1.29. The summed E-state index contributed by atoms with van der Waals surface area (Å²) in [5.74, 6) is -0.0925. The third kappa shape index (κ3) is 4.88. The highest BCUT2D eigenvalue weighted by molar-refractivity contribution is 6.05. The second-order valence-corrected chi connectivity index (χ2v) is 7.81. The molecule has 0 radical (unpaired) electrons. The van der Waals surface area contributed by atoms with Crippen molar-refractivity contribution in [1.82, 2.24) is 20.4 Å². The van der Waals surface area contributed by atoms with E-state index in [1.165, 1.54) is 11.8 Å². The van der Waals surface area contributed by atoms with E-state index >= 15 is 0 Å². The Kier molecular flexibility index (Phi) is 6.13. The normalized spacial score (nSPS) is 20.4. The van der Waals surface area contributed by atoms with Crippen molar-refractivity contribution in [2.24, 2.45) is 0 Å². The number of nitrogens with zero attached hydrogens (tertiary/aromatic N) is 2. The van der Waals surface area contributed by atoms with E-state index < -0.39 is 18.0 Å². The lowest BCUT2D eigenvalue weighted by Crippen LogP contribution is -2.46. The monoisotopic (exact) mass is 410 g/mol. The van der Waals surface area contributed by atoms with Crippen molar-refractivity contribution in [3.8, 4) is 0 Å². The highest BCUT2D eigenvalue weighted by atomic mass is 16.3. The van der Waals surface area contributed by atoms with Gasteiger partial charge in [0.05, 0.1) is 19.2 Å². The number of urea groups is 1. The predicted octanol–water partition coefficient (Wildman–Crippen LogP) is 1.87. The van der Waals surface area contributed by atoms with Crippen LogP contribution in [0.4, 0.5) is 4.79 Å². The minimum Gasteiger partial charge on any atom is -0.467 e. The lowest BCUT2D eigenvalue weighted by molar-refractivity contribution is -0.131. The maximum Gasteiger partial charge on any atom is 0.325 e. The van der Waals surface area contributed by atoms with Crippen molar-refractivity contribution in [2.45, 2.75) is 44.4 Å². The fourth-order valence-corrected chi connectivity index (χ4v) is 3.97. The highest BCUT2D eigenvalue weighted by Crippen LogP contribution is 2.16. The van der Waals surface area contributed by atoms with Gasteiger partial charge in [-0.3, -0.25) is 19.4 Å². The van der Waals surface area contributed by atoms with E-state index in [4.69, 9.17) is 4.42 Å². The fourth-order valence-electron chi connectivity index (χ4n) is 3.97. The summed E-state index contributed by atoms with van der Waals surface area (Å²) in [6.45, 7) is 2.80. The smallest absolute Gasteiger partial charge is 0.325 e. The summed E-state index contributed by atoms with van der Waals surface area (Å²) in [6.07, 6.45) is 3.18. The van der Waals surface area contributed by atoms with Crippen LogP contribution in [0.1, 0.15) is 30.6 Å². The van der Waals surface area contributed by atoms with Crippen LogP contribution in [-0.4, -0.2) is 52.8 Å². The van der Waals surface area contributed by atoms with Crippen LogP contribution in [0.5, 0.6) is 0 Å². The summed E-state index contributed by atoms with van der Waals surface area (Å²) in [4.78, 5) is 40.5. The summed E-state index contributed by atoms with van der Waals surface area (Å²) in [6, 6.07) is 12.5. The molecule has 2 aromatic rings. The number of amides is 4. The molecule has 1 aromatic carbocycles. The Balaban J connectivity index is 1.21. The second-order valence-electron chi connectivity index (χ2n) is 7.81. The molecule has 2 saturated heterocycles. The molecule has 158 valence electrons. The lowest BCUT2D eigenvalue weighted by Gasteiger charge is -2.32. The number of benzene rings is 1. The van der Waals surface area contributed by atoms with Crippen LogP contribution in [0.15, 0.2) is 53.1 Å². The number of hydrogen-bond donors (Lipinski definition) is 2. The Hall–Kier alpha value is -3.13. The lowest BCUT2D eigenvalue weighted by atomic mass is 10.0. The fraction of sp³-hybridized carbons (Fsp3) is 0.409. The molecule has 3 heterocycles. The standard InChI is InChI=1S/C22H26N4O4/c27-20(13-19-21(28)26(22(29)24-19)15-18-7-4-12-30-18)23-17-8-10-25(11-9-17)14-16-5-2-1-3-6-16/h1-7,12,17,19H,8-11,13-15H2,(H,23,27)(H,24,29). The van der Waals surface area contributed by atoms with Crippen LogP contribution in [0.25, 0.3) is 0 Å². The van der Waals surface area contributed by atoms with E-state index in [1.54, 1.807) is 12.1 Å². The van der Waals surface area contributed by atoms with Crippen molar-refractivity contribution in [3.63, 3.8) is 0 Å². The molecule has 1 atom stereocenters. The quantitative estimate of drug-likeness (QED) is 0.680. The first-order valence-electron chi connectivity index (χ1n) is 10.3. The van der Waals surface area contributed by atoms with Crippen LogP contribution in [0.2, 0.25) is 0 Å². The van der Waals surface area contributed by atoms with E-state index in [-0.39, 0.29) is 24.9 Å². The van der Waals surface area contributed by atoms with Gasteiger partial charge in [-0.15, -0.1) is 0 Å². The molecule has 4 rings (SSSR count). The molecule has 30 heavy (non-hydrogen) atoms. The molecule has 2 aliphatic rings. The molecule has 0 aliphatic carbocycles. The van der Waals surface area contributed by atoms with Crippen LogP contribution < -0.4 is 10.6 Å².